The van der Waals surface area contributed by atoms with Crippen LogP contribution in [0.3, 0.4) is 0 Å². The summed E-state index contributed by atoms with van der Waals surface area (Å²) in [6.07, 6.45) is 0. The zero-order valence-corrected chi connectivity index (χ0v) is 15.9. The number of methoxy groups -OCH3 is 2. The van der Waals surface area contributed by atoms with Crippen LogP contribution in [0.2, 0.25) is 0 Å². The van der Waals surface area contributed by atoms with E-state index in [2.05, 4.69) is 10.6 Å². The Bertz CT molecular complexity index is 765. The van der Waals surface area contributed by atoms with Crippen molar-refractivity contribution in [2.75, 3.05) is 27.8 Å². The molecule has 0 saturated heterocycles. The van der Waals surface area contributed by atoms with Crippen molar-refractivity contribution >= 4 is 11.9 Å². The lowest BCUT2D eigenvalue weighted by atomic mass is 10.2. The fourth-order valence-corrected chi connectivity index (χ4v) is 2.67. The third-order valence-corrected chi connectivity index (χ3v) is 3.97. The van der Waals surface area contributed by atoms with Gasteiger partial charge in [-0.25, -0.2) is 4.79 Å². The Balaban J connectivity index is 1.78. The fraction of sp³-hybridized carbons (Fsp3) is 0.300. The van der Waals surface area contributed by atoms with E-state index in [0.717, 1.165) is 16.0 Å². The number of carbonyl (C=O) groups is 2. The van der Waals surface area contributed by atoms with E-state index in [9.17, 15) is 9.59 Å². The smallest absolute Gasteiger partial charge is 0.321 e. The first-order chi connectivity index (χ1) is 13.0. The minimum absolute atomic E-state index is 0.174. The molecule has 3 N–H and O–H groups in total. The van der Waals surface area contributed by atoms with E-state index in [4.69, 9.17) is 9.47 Å². The molecule has 7 nitrogen and oxygen atoms in total. The summed E-state index contributed by atoms with van der Waals surface area (Å²) in [5.74, 6) is 0.970. The van der Waals surface area contributed by atoms with E-state index in [-0.39, 0.29) is 12.5 Å². The molecule has 0 bridgehead atoms. The summed E-state index contributed by atoms with van der Waals surface area (Å²) in [6, 6.07) is 14.7. The van der Waals surface area contributed by atoms with Gasteiger partial charge in [0.2, 0.25) is 0 Å². The number of carbonyl (C=O) groups excluding carboxylic acids is 2. The van der Waals surface area contributed by atoms with Crippen LogP contribution in [0.1, 0.15) is 11.1 Å². The van der Waals surface area contributed by atoms with Crippen LogP contribution in [0.5, 0.6) is 11.5 Å². The molecule has 1 atom stereocenters. The normalized spacial score (nSPS) is 11.4. The molecule has 27 heavy (non-hydrogen) atoms. The second kappa shape index (κ2) is 10.2. The van der Waals surface area contributed by atoms with Gasteiger partial charge in [0.15, 0.2) is 18.0 Å². The number of ether oxygens (including phenoxy) is 2. The lowest BCUT2D eigenvalue weighted by Gasteiger charge is -2.15. The zero-order chi connectivity index (χ0) is 19.6. The third-order valence-electron chi connectivity index (χ3n) is 3.97. The molecule has 0 fully saturated rings. The van der Waals surface area contributed by atoms with Crippen molar-refractivity contribution in [2.45, 2.75) is 13.1 Å². The lowest BCUT2D eigenvalue weighted by molar-refractivity contribution is -0.885. The molecule has 0 aliphatic heterocycles. The van der Waals surface area contributed by atoms with E-state index in [1.807, 2.05) is 55.6 Å². The van der Waals surface area contributed by atoms with Crippen molar-refractivity contribution in [3.05, 3.63) is 59.7 Å². The minimum Gasteiger partial charge on any atom is -0.493 e. The van der Waals surface area contributed by atoms with E-state index in [0.29, 0.717) is 24.6 Å². The van der Waals surface area contributed by atoms with E-state index in [1.165, 1.54) is 0 Å². The molecular formula is C20H26N3O4+. The van der Waals surface area contributed by atoms with Crippen LogP contribution in [0.25, 0.3) is 0 Å². The highest BCUT2D eigenvalue weighted by atomic mass is 16.5. The minimum atomic E-state index is -0.497. The van der Waals surface area contributed by atoms with Gasteiger partial charge in [0, 0.05) is 12.1 Å². The quantitative estimate of drug-likeness (QED) is 0.639. The van der Waals surface area contributed by atoms with Gasteiger partial charge in [-0.15, -0.1) is 0 Å². The van der Waals surface area contributed by atoms with Crippen LogP contribution in [0, 0.1) is 0 Å². The molecule has 0 spiro atoms. The van der Waals surface area contributed by atoms with Crippen molar-refractivity contribution in [3.8, 4) is 11.5 Å². The molecule has 3 amide bonds. The predicted molar refractivity (Wildman–Crippen MR) is 102 cm³/mol. The second-order valence-corrected chi connectivity index (χ2v) is 6.22. The van der Waals surface area contributed by atoms with Gasteiger partial charge < -0.3 is 19.7 Å². The summed E-state index contributed by atoms with van der Waals surface area (Å²) in [5.41, 5.74) is 1.97. The molecule has 0 aliphatic carbocycles. The number of quaternary nitrogens is 1. The molecule has 144 valence electrons. The Labute approximate surface area is 159 Å². The fourth-order valence-electron chi connectivity index (χ4n) is 2.67. The average Bonchev–Trinajstić information content (AvgIpc) is 2.66. The lowest BCUT2D eigenvalue weighted by Crippen LogP contribution is -3.09. The van der Waals surface area contributed by atoms with Crippen LogP contribution in [0.4, 0.5) is 4.79 Å². The first-order valence-electron chi connectivity index (χ1n) is 8.65. The zero-order valence-electron chi connectivity index (χ0n) is 15.9. The van der Waals surface area contributed by atoms with E-state index in [1.54, 1.807) is 14.2 Å². The summed E-state index contributed by atoms with van der Waals surface area (Å²) in [5, 5.41) is 5.02. The number of nitrogens with one attached hydrogen (secondary N) is 3. The maximum atomic E-state index is 12.1. The molecule has 2 aromatic carbocycles. The maximum Gasteiger partial charge on any atom is 0.321 e. The van der Waals surface area contributed by atoms with Crippen molar-refractivity contribution < 1.29 is 24.0 Å². The number of amides is 3. The summed E-state index contributed by atoms with van der Waals surface area (Å²) in [4.78, 5) is 24.8. The summed E-state index contributed by atoms with van der Waals surface area (Å²) in [6.45, 7) is 1.15. The summed E-state index contributed by atoms with van der Waals surface area (Å²) in [7, 11) is 5.06. The van der Waals surface area contributed by atoms with Gasteiger partial charge in [-0.3, -0.25) is 10.1 Å². The van der Waals surface area contributed by atoms with Gasteiger partial charge in [-0.1, -0.05) is 30.3 Å². The molecular weight excluding hydrogens is 346 g/mol. The SMILES string of the molecule is COc1ccc(C[NH+](C)CC(=O)NC(=O)NCc2ccccc2)cc1OC. The topological polar surface area (TPSA) is 81.1 Å². The molecule has 0 heterocycles. The maximum absolute atomic E-state index is 12.1. The number of benzene rings is 2. The first kappa shape index (κ1) is 20.3. The molecule has 0 radical (unpaired) electrons. The Hall–Kier alpha value is -3.06. The number of hydrogen-bond acceptors (Lipinski definition) is 4. The van der Waals surface area contributed by atoms with Crippen molar-refractivity contribution in [1.82, 2.24) is 10.6 Å². The molecule has 0 saturated carbocycles. The van der Waals surface area contributed by atoms with Crippen LogP contribution >= 0.6 is 0 Å². The van der Waals surface area contributed by atoms with Gasteiger partial charge in [0.05, 0.1) is 21.3 Å². The van der Waals surface area contributed by atoms with Gasteiger partial charge in [0.1, 0.15) is 6.54 Å². The molecule has 2 rings (SSSR count). The number of rotatable bonds is 8. The Kier molecular flexibility index (Phi) is 7.63. The third kappa shape index (κ3) is 6.63. The monoisotopic (exact) mass is 372 g/mol. The molecule has 7 heteroatoms. The van der Waals surface area contributed by atoms with Crippen LogP contribution in [-0.4, -0.2) is 39.8 Å². The molecule has 0 aromatic heterocycles. The second-order valence-electron chi connectivity index (χ2n) is 6.22. The average molecular weight is 372 g/mol. The standard InChI is InChI=1S/C20H25N3O4/c1-23(13-16-9-10-17(26-2)18(11-16)27-3)14-19(24)22-20(25)21-12-15-7-5-4-6-8-15/h4-11H,12-14H2,1-3H3,(H2,21,22,24,25)/p+1. The van der Waals surface area contributed by atoms with Gasteiger partial charge in [-0.2, -0.15) is 0 Å². The van der Waals surface area contributed by atoms with Crippen molar-refractivity contribution in [1.29, 1.82) is 0 Å². The number of imide groups is 1. The van der Waals surface area contributed by atoms with Crippen LogP contribution < -0.4 is 25.0 Å². The predicted octanol–water partition coefficient (Wildman–Crippen LogP) is 0.745. The number of hydrogen-bond donors (Lipinski definition) is 3. The highest BCUT2D eigenvalue weighted by molar-refractivity contribution is 5.94. The summed E-state index contributed by atoms with van der Waals surface area (Å²) >= 11 is 0. The largest absolute Gasteiger partial charge is 0.493 e. The van der Waals surface area contributed by atoms with E-state index < -0.39 is 6.03 Å². The van der Waals surface area contributed by atoms with Crippen LogP contribution in [0.15, 0.2) is 48.5 Å². The van der Waals surface area contributed by atoms with Crippen molar-refractivity contribution in [3.63, 3.8) is 0 Å². The highest BCUT2D eigenvalue weighted by Gasteiger charge is 2.14. The Morgan fingerprint density at radius 3 is 2.33 bits per heavy atom. The molecule has 2 aromatic rings. The highest BCUT2D eigenvalue weighted by Crippen LogP contribution is 2.27. The van der Waals surface area contributed by atoms with Gasteiger partial charge >= 0.3 is 6.03 Å². The van der Waals surface area contributed by atoms with Crippen LogP contribution in [-0.2, 0) is 17.9 Å². The van der Waals surface area contributed by atoms with Gasteiger partial charge in [-0.05, 0) is 23.8 Å². The van der Waals surface area contributed by atoms with E-state index >= 15 is 0 Å². The number of urea groups is 1. The molecule has 1 unspecified atom stereocenters. The number of likely N-dealkylation sites (N-methyl/N-ethyl adjacent to an activating group) is 1. The van der Waals surface area contributed by atoms with Crippen molar-refractivity contribution in [2.24, 2.45) is 0 Å². The van der Waals surface area contributed by atoms with Gasteiger partial charge in [0.25, 0.3) is 5.91 Å². The molecule has 0 aliphatic rings. The first-order valence-corrected chi connectivity index (χ1v) is 8.65. The summed E-state index contributed by atoms with van der Waals surface area (Å²) < 4.78 is 10.5. The Morgan fingerprint density at radius 2 is 1.67 bits per heavy atom. The Morgan fingerprint density at radius 1 is 0.963 bits per heavy atom.